The molecule has 0 heterocycles. The van der Waals surface area contributed by atoms with Gasteiger partial charge in [-0.1, -0.05) is 51.4 Å². The molecule has 2 fully saturated rings. The van der Waals surface area contributed by atoms with Crippen molar-refractivity contribution in [1.82, 2.24) is 5.32 Å². The van der Waals surface area contributed by atoms with Crippen molar-refractivity contribution < 1.29 is 0 Å². The van der Waals surface area contributed by atoms with Crippen LogP contribution in [-0.2, 0) is 0 Å². The fourth-order valence-corrected chi connectivity index (χ4v) is 3.69. The first-order valence-corrected chi connectivity index (χ1v) is 8.16. The monoisotopic (exact) mass is 237 g/mol. The molecule has 0 amide bonds. The lowest BCUT2D eigenvalue weighted by molar-refractivity contribution is 0.410. The molecular formula is C16H31N. The molecule has 1 nitrogen and oxygen atoms in total. The Morgan fingerprint density at radius 1 is 0.706 bits per heavy atom. The summed E-state index contributed by atoms with van der Waals surface area (Å²) in [7, 11) is 0. The van der Waals surface area contributed by atoms with Crippen LogP contribution >= 0.6 is 0 Å². The standard InChI is InChI=1S/C16H31N/c1-2-4-11-16(10-3-1)14-17-13-7-12-15-8-5-6-9-15/h15-17H,1-14H2. The summed E-state index contributed by atoms with van der Waals surface area (Å²) in [5.74, 6) is 2.07. The highest BCUT2D eigenvalue weighted by Crippen LogP contribution is 2.28. The van der Waals surface area contributed by atoms with Crippen LogP contribution < -0.4 is 5.32 Å². The maximum Gasteiger partial charge on any atom is -0.00205 e. The van der Waals surface area contributed by atoms with Crippen molar-refractivity contribution in [2.45, 2.75) is 77.0 Å². The summed E-state index contributed by atoms with van der Waals surface area (Å²) in [6, 6.07) is 0. The first kappa shape index (κ1) is 13.4. The van der Waals surface area contributed by atoms with E-state index in [-0.39, 0.29) is 0 Å². The number of hydrogen-bond donors (Lipinski definition) is 1. The van der Waals surface area contributed by atoms with Gasteiger partial charge in [0.05, 0.1) is 0 Å². The van der Waals surface area contributed by atoms with Gasteiger partial charge in [-0.2, -0.15) is 0 Å². The summed E-state index contributed by atoms with van der Waals surface area (Å²) >= 11 is 0. The molecule has 2 rings (SSSR count). The van der Waals surface area contributed by atoms with E-state index < -0.39 is 0 Å². The van der Waals surface area contributed by atoms with Crippen molar-refractivity contribution in [3.8, 4) is 0 Å². The minimum Gasteiger partial charge on any atom is -0.316 e. The SMILES string of the molecule is C1CCCC(CNCCCC2CCCC2)CC1. The Balaban J connectivity index is 1.44. The van der Waals surface area contributed by atoms with Crippen LogP contribution in [-0.4, -0.2) is 13.1 Å². The van der Waals surface area contributed by atoms with Crippen LogP contribution in [0.3, 0.4) is 0 Å². The molecule has 0 aromatic heterocycles. The van der Waals surface area contributed by atoms with Gasteiger partial charge in [-0.05, 0) is 50.6 Å². The van der Waals surface area contributed by atoms with Gasteiger partial charge < -0.3 is 5.32 Å². The van der Waals surface area contributed by atoms with E-state index in [1.54, 1.807) is 0 Å². The average Bonchev–Trinajstić information content (AvgIpc) is 2.72. The fraction of sp³-hybridized carbons (Fsp3) is 1.00. The Bertz CT molecular complexity index is 176. The zero-order chi connectivity index (χ0) is 11.8. The maximum absolute atomic E-state index is 3.71. The quantitative estimate of drug-likeness (QED) is 0.529. The smallest absolute Gasteiger partial charge is 0.00205 e. The Hall–Kier alpha value is -0.0400. The van der Waals surface area contributed by atoms with E-state index in [9.17, 15) is 0 Å². The Kier molecular flexibility index (Phi) is 6.41. The second kappa shape index (κ2) is 8.13. The van der Waals surface area contributed by atoms with E-state index in [1.807, 2.05) is 0 Å². The molecule has 2 aliphatic carbocycles. The Morgan fingerprint density at radius 3 is 2.00 bits per heavy atom. The molecule has 0 spiro atoms. The van der Waals surface area contributed by atoms with Gasteiger partial charge in [-0.15, -0.1) is 0 Å². The molecule has 0 atom stereocenters. The molecule has 2 aliphatic rings. The molecule has 17 heavy (non-hydrogen) atoms. The fourth-order valence-electron chi connectivity index (χ4n) is 3.69. The molecule has 0 saturated heterocycles. The minimum atomic E-state index is 0.990. The van der Waals surface area contributed by atoms with E-state index in [1.165, 1.54) is 90.1 Å². The van der Waals surface area contributed by atoms with Crippen LogP contribution in [0.5, 0.6) is 0 Å². The second-order valence-electron chi connectivity index (χ2n) is 6.35. The zero-order valence-electron chi connectivity index (χ0n) is 11.6. The first-order valence-electron chi connectivity index (χ1n) is 8.16. The van der Waals surface area contributed by atoms with E-state index >= 15 is 0 Å². The molecule has 1 N–H and O–H groups in total. The Labute approximate surface area is 108 Å². The molecule has 0 aliphatic heterocycles. The van der Waals surface area contributed by atoms with Crippen molar-refractivity contribution in [2.24, 2.45) is 11.8 Å². The van der Waals surface area contributed by atoms with Gasteiger partial charge >= 0.3 is 0 Å². The largest absolute Gasteiger partial charge is 0.316 e. The van der Waals surface area contributed by atoms with Gasteiger partial charge in [0, 0.05) is 0 Å². The van der Waals surface area contributed by atoms with Crippen molar-refractivity contribution in [3.05, 3.63) is 0 Å². The summed E-state index contributed by atoms with van der Waals surface area (Å²) in [6.45, 7) is 2.57. The summed E-state index contributed by atoms with van der Waals surface area (Å²) in [6.07, 6.45) is 17.8. The highest BCUT2D eigenvalue weighted by Gasteiger charge is 2.14. The second-order valence-corrected chi connectivity index (χ2v) is 6.35. The van der Waals surface area contributed by atoms with Crippen LogP contribution in [0.2, 0.25) is 0 Å². The lowest BCUT2D eigenvalue weighted by atomic mass is 10.00. The van der Waals surface area contributed by atoms with Crippen LogP contribution in [0.4, 0.5) is 0 Å². The molecule has 2 saturated carbocycles. The predicted molar refractivity (Wildman–Crippen MR) is 75.3 cm³/mol. The summed E-state index contributed by atoms with van der Waals surface area (Å²) < 4.78 is 0. The number of rotatable bonds is 6. The summed E-state index contributed by atoms with van der Waals surface area (Å²) in [5, 5.41) is 3.71. The third kappa shape index (κ3) is 5.42. The lowest BCUT2D eigenvalue weighted by Gasteiger charge is -2.15. The number of hydrogen-bond acceptors (Lipinski definition) is 1. The predicted octanol–water partition coefficient (Wildman–Crippen LogP) is 4.52. The molecule has 0 radical (unpaired) electrons. The highest BCUT2D eigenvalue weighted by atomic mass is 14.9. The lowest BCUT2D eigenvalue weighted by Crippen LogP contribution is -2.23. The summed E-state index contributed by atoms with van der Waals surface area (Å²) in [5.41, 5.74) is 0. The molecular weight excluding hydrogens is 206 g/mol. The molecule has 0 unspecified atom stereocenters. The van der Waals surface area contributed by atoms with Gasteiger partial charge in [0.25, 0.3) is 0 Å². The maximum atomic E-state index is 3.71. The van der Waals surface area contributed by atoms with Gasteiger partial charge in [0.15, 0.2) is 0 Å². The average molecular weight is 237 g/mol. The third-order valence-electron chi connectivity index (χ3n) is 4.85. The van der Waals surface area contributed by atoms with E-state index in [0.29, 0.717) is 0 Å². The van der Waals surface area contributed by atoms with Gasteiger partial charge in [0.1, 0.15) is 0 Å². The summed E-state index contributed by atoms with van der Waals surface area (Å²) in [4.78, 5) is 0. The van der Waals surface area contributed by atoms with Crippen molar-refractivity contribution in [2.75, 3.05) is 13.1 Å². The topological polar surface area (TPSA) is 12.0 Å². The van der Waals surface area contributed by atoms with Crippen LogP contribution in [0.1, 0.15) is 77.0 Å². The molecule has 1 heteroatoms. The van der Waals surface area contributed by atoms with Crippen molar-refractivity contribution in [1.29, 1.82) is 0 Å². The molecule has 0 bridgehead atoms. The van der Waals surface area contributed by atoms with Crippen LogP contribution in [0.15, 0.2) is 0 Å². The van der Waals surface area contributed by atoms with E-state index in [0.717, 1.165) is 11.8 Å². The number of nitrogens with one attached hydrogen (secondary N) is 1. The third-order valence-corrected chi connectivity index (χ3v) is 4.85. The van der Waals surface area contributed by atoms with Crippen molar-refractivity contribution >= 4 is 0 Å². The van der Waals surface area contributed by atoms with Crippen LogP contribution in [0, 0.1) is 11.8 Å². The van der Waals surface area contributed by atoms with Crippen LogP contribution in [0.25, 0.3) is 0 Å². The Morgan fingerprint density at radius 2 is 1.29 bits per heavy atom. The molecule has 100 valence electrons. The first-order chi connectivity index (χ1) is 8.45. The molecule has 0 aromatic carbocycles. The highest BCUT2D eigenvalue weighted by molar-refractivity contribution is 4.69. The normalized spacial score (nSPS) is 24.0. The molecule has 0 aromatic rings. The van der Waals surface area contributed by atoms with Gasteiger partial charge in [-0.3, -0.25) is 0 Å². The minimum absolute atomic E-state index is 0.990. The van der Waals surface area contributed by atoms with E-state index in [2.05, 4.69) is 5.32 Å². The van der Waals surface area contributed by atoms with Gasteiger partial charge in [-0.25, -0.2) is 0 Å². The van der Waals surface area contributed by atoms with Gasteiger partial charge in [0.2, 0.25) is 0 Å². The van der Waals surface area contributed by atoms with Crippen molar-refractivity contribution in [3.63, 3.8) is 0 Å². The zero-order valence-corrected chi connectivity index (χ0v) is 11.6. The van der Waals surface area contributed by atoms with E-state index in [4.69, 9.17) is 0 Å².